The zero-order valence-electron chi connectivity index (χ0n) is 8.75. The fourth-order valence-corrected chi connectivity index (χ4v) is 1.35. The maximum Gasteiger partial charge on any atom is 0.240 e. The van der Waals surface area contributed by atoms with Crippen LogP contribution in [0, 0.1) is 11.8 Å². The second-order valence-electron chi connectivity index (χ2n) is 4.05. The number of hydrogen-bond acceptors (Lipinski definition) is 2. The molecule has 1 fully saturated rings. The van der Waals surface area contributed by atoms with Gasteiger partial charge in [0.25, 0.3) is 0 Å². The van der Waals surface area contributed by atoms with Gasteiger partial charge < -0.3 is 11.1 Å². The fraction of sp³-hybridized carbons (Fsp3) is 0.800. The van der Waals surface area contributed by atoms with E-state index in [-0.39, 0.29) is 17.7 Å². The predicted octanol–water partition coefficient (Wildman–Crippen LogP) is 0.413. The van der Waals surface area contributed by atoms with Crippen molar-refractivity contribution in [2.24, 2.45) is 17.6 Å². The van der Waals surface area contributed by atoms with Crippen molar-refractivity contribution in [1.82, 2.24) is 5.32 Å². The molecule has 0 heterocycles. The number of carbonyl (C=O) groups is 2. The lowest BCUT2D eigenvalue weighted by atomic mass is 9.98. The molecule has 0 aromatic carbocycles. The molecule has 3 N–H and O–H groups in total. The second-order valence-corrected chi connectivity index (χ2v) is 4.05. The Morgan fingerprint density at radius 1 is 1.50 bits per heavy atom. The summed E-state index contributed by atoms with van der Waals surface area (Å²) in [6.45, 7) is 3.90. The molecule has 4 nitrogen and oxygen atoms in total. The molecule has 80 valence electrons. The average molecular weight is 198 g/mol. The SMILES string of the molecule is CC[C@@H](C)[C@H](NC(=O)C1CC1)C(N)=O. The van der Waals surface area contributed by atoms with Gasteiger partial charge in [-0.05, 0) is 18.8 Å². The fourth-order valence-electron chi connectivity index (χ4n) is 1.35. The molecule has 14 heavy (non-hydrogen) atoms. The number of amides is 2. The lowest BCUT2D eigenvalue weighted by Gasteiger charge is -2.20. The van der Waals surface area contributed by atoms with Gasteiger partial charge in [-0.3, -0.25) is 9.59 Å². The van der Waals surface area contributed by atoms with E-state index >= 15 is 0 Å². The average Bonchev–Trinajstić information content (AvgIpc) is 2.95. The summed E-state index contributed by atoms with van der Waals surface area (Å²) in [5.41, 5.74) is 5.23. The molecule has 0 aliphatic heterocycles. The van der Waals surface area contributed by atoms with Crippen LogP contribution in [0.25, 0.3) is 0 Å². The first-order valence-corrected chi connectivity index (χ1v) is 5.16. The van der Waals surface area contributed by atoms with E-state index in [2.05, 4.69) is 5.32 Å². The summed E-state index contributed by atoms with van der Waals surface area (Å²) < 4.78 is 0. The summed E-state index contributed by atoms with van der Waals surface area (Å²) in [6.07, 6.45) is 2.72. The monoisotopic (exact) mass is 198 g/mol. The van der Waals surface area contributed by atoms with Crippen LogP contribution in [0.1, 0.15) is 33.1 Å². The van der Waals surface area contributed by atoms with Gasteiger partial charge in [-0.2, -0.15) is 0 Å². The Balaban J connectivity index is 2.49. The van der Waals surface area contributed by atoms with Crippen molar-refractivity contribution in [3.05, 3.63) is 0 Å². The molecular formula is C10H18N2O2. The molecule has 1 aliphatic rings. The largest absolute Gasteiger partial charge is 0.368 e. The van der Waals surface area contributed by atoms with Crippen LogP contribution in [0.2, 0.25) is 0 Å². The Bertz CT molecular complexity index is 236. The van der Waals surface area contributed by atoms with Crippen LogP contribution in [0.4, 0.5) is 0 Å². The zero-order valence-corrected chi connectivity index (χ0v) is 8.75. The predicted molar refractivity (Wildman–Crippen MR) is 53.3 cm³/mol. The highest BCUT2D eigenvalue weighted by molar-refractivity contribution is 5.88. The molecule has 1 saturated carbocycles. The number of nitrogens with one attached hydrogen (secondary N) is 1. The van der Waals surface area contributed by atoms with Gasteiger partial charge in [0.2, 0.25) is 11.8 Å². The summed E-state index contributed by atoms with van der Waals surface area (Å²) in [5, 5.41) is 2.72. The summed E-state index contributed by atoms with van der Waals surface area (Å²) in [7, 11) is 0. The first-order valence-electron chi connectivity index (χ1n) is 5.16. The van der Waals surface area contributed by atoms with E-state index in [1.807, 2.05) is 13.8 Å². The Hall–Kier alpha value is -1.06. The third-order valence-corrected chi connectivity index (χ3v) is 2.77. The van der Waals surface area contributed by atoms with Crippen molar-refractivity contribution < 1.29 is 9.59 Å². The lowest BCUT2D eigenvalue weighted by molar-refractivity contribution is -0.129. The van der Waals surface area contributed by atoms with Crippen molar-refractivity contribution in [3.63, 3.8) is 0 Å². The van der Waals surface area contributed by atoms with Crippen LogP contribution in [0.15, 0.2) is 0 Å². The topological polar surface area (TPSA) is 72.2 Å². The smallest absolute Gasteiger partial charge is 0.240 e. The Morgan fingerprint density at radius 2 is 2.07 bits per heavy atom. The van der Waals surface area contributed by atoms with Gasteiger partial charge in [-0.15, -0.1) is 0 Å². The normalized spacial score (nSPS) is 19.9. The third-order valence-electron chi connectivity index (χ3n) is 2.77. The molecule has 0 bridgehead atoms. The Morgan fingerprint density at radius 3 is 2.43 bits per heavy atom. The summed E-state index contributed by atoms with van der Waals surface area (Å²) in [5.74, 6) is -0.224. The van der Waals surface area contributed by atoms with Crippen LogP contribution in [-0.2, 0) is 9.59 Å². The summed E-state index contributed by atoms with van der Waals surface area (Å²) in [6, 6.07) is -0.506. The van der Waals surface area contributed by atoms with Gasteiger partial charge >= 0.3 is 0 Å². The molecule has 2 atom stereocenters. The minimum atomic E-state index is -0.506. The van der Waals surface area contributed by atoms with Crippen LogP contribution >= 0.6 is 0 Å². The highest BCUT2D eigenvalue weighted by Gasteiger charge is 2.33. The standard InChI is InChI=1S/C10H18N2O2/c1-3-6(2)8(9(11)13)12-10(14)7-4-5-7/h6-8H,3-5H2,1-2H3,(H2,11,13)(H,12,14)/t6-,8+/m1/s1. The highest BCUT2D eigenvalue weighted by Crippen LogP contribution is 2.29. The molecule has 0 radical (unpaired) electrons. The Labute approximate surface area is 84.2 Å². The van der Waals surface area contributed by atoms with Crippen LogP contribution < -0.4 is 11.1 Å². The Kier molecular flexibility index (Phi) is 3.49. The van der Waals surface area contributed by atoms with Gasteiger partial charge in [0, 0.05) is 5.92 Å². The van der Waals surface area contributed by atoms with E-state index in [1.54, 1.807) is 0 Å². The van der Waals surface area contributed by atoms with Gasteiger partial charge in [-0.1, -0.05) is 20.3 Å². The van der Waals surface area contributed by atoms with Crippen molar-refractivity contribution in [3.8, 4) is 0 Å². The van der Waals surface area contributed by atoms with E-state index in [0.717, 1.165) is 19.3 Å². The second kappa shape index (κ2) is 4.44. The number of rotatable bonds is 5. The molecule has 0 aromatic heterocycles. The first-order chi connectivity index (χ1) is 6.56. The highest BCUT2D eigenvalue weighted by atomic mass is 16.2. The molecule has 0 saturated heterocycles. The van der Waals surface area contributed by atoms with Crippen LogP contribution in [-0.4, -0.2) is 17.9 Å². The summed E-state index contributed by atoms with van der Waals surface area (Å²) >= 11 is 0. The number of carbonyl (C=O) groups excluding carboxylic acids is 2. The van der Waals surface area contributed by atoms with E-state index in [4.69, 9.17) is 5.73 Å². The van der Waals surface area contributed by atoms with Gasteiger partial charge in [-0.25, -0.2) is 0 Å². The van der Waals surface area contributed by atoms with Crippen molar-refractivity contribution in [2.45, 2.75) is 39.2 Å². The molecule has 1 rings (SSSR count). The third kappa shape index (κ3) is 2.72. The maximum atomic E-state index is 11.4. The van der Waals surface area contributed by atoms with E-state index < -0.39 is 11.9 Å². The van der Waals surface area contributed by atoms with Crippen molar-refractivity contribution >= 4 is 11.8 Å². The van der Waals surface area contributed by atoms with Crippen LogP contribution in [0.5, 0.6) is 0 Å². The quantitative estimate of drug-likeness (QED) is 0.671. The molecule has 1 aliphatic carbocycles. The number of primary amides is 1. The minimum Gasteiger partial charge on any atom is -0.368 e. The number of nitrogens with two attached hydrogens (primary N) is 1. The summed E-state index contributed by atoms with van der Waals surface area (Å²) in [4.78, 5) is 22.5. The molecule has 2 amide bonds. The minimum absolute atomic E-state index is 0.0194. The lowest BCUT2D eigenvalue weighted by Crippen LogP contribution is -2.48. The van der Waals surface area contributed by atoms with E-state index in [9.17, 15) is 9.59 Å². The van der Waals surface area contributed by atoms with Crippen molar-refractivity contribution in [1.29, 1.82) is 0 Å². The van der Waals surface area contributed by atoms with E-state index in [0.29, 0.717) is 0 Å². The number of hydrogen-bond donors (Lipinski definition) is 2. The van der Waals surface area contributed by atoms with Crippen molar-refractivity contribution in [2.75, 3.05) is 0 Å². The zero-order chi connectivity index (χ0) is 10.7. The van der Waals surface area contributed by atoms with E-state index in [1.165, 1.54) is 0 Å². The van der Waals surface area contributed by atoms with Crippen LogP contribution in [0.3, 0.4) is 0 Å². The molecule has 4 heteroatoms. The molecule has 0 aromatic rings. The maximum absolute atomic E-state index is 11.4. The molecule has 0 spiro atoms. The molecule has 0 unspecified atom stereocenters. The van der Waals surface area contributed by atoms with Gasteiger partial charge in [0.1, 0.15) is 6.04 Å². The van der Waals surface area contributed by atoms with Gasteiger partial charge in [0.05, 0.1) is 0 Å². The first kappa shape index (κ1) is 11.0. The van der Waals surface area contributed by atoms with Gasteiger partial charge in [0.15, 0.2) is 0 Å². The molecular weight excluding hydrogens is 180 g/mol.